The highest BCUT2D eigenvalue weighted by Crippen LogP contribution is 2.31. The Labute approximate surface area is 85.3 Å². The molecule has 0 radical (unpaired) electrons. The molecule has 2 heterocycles. The molecule has 0 aromatic carbocycles. The Morgan fingerprint density at radius 2 is 2.42 bits per heavy atom. The minimum atomic E-state index is 0.759. The molecular weight excluding hydrogens is 234 g/mol. The lowest BCUT2D eigenvalue weighted by Gasteiger charge is -2.21. The zero-order chi connectivity index (χ0) is 8.39. The molecule has 1 nitrogen and oxygen atoms in total. The summed E-state index contributed by atoms with van der Waals surface area (Å²) in [6, 6.07) is 4.39. The van der Waals surface area contributed by atoms with E-state index in [0.717, 1.165) is 12.5 Å². The van der Waals surface area contributed by atoms with E-state index in [1.165, 1.54) is 28.0 Å². The number of thiophene rings is 1. The summed E-state index contributed by atoms with van der Waals surface area (Å²) in [6.45, 7) is 2.36. The predicted molar refractivity (Wildman–Crippen MR) is 56.9 cm³/mol. The molecular formula is C9H12BrNS. The molecule has 1 fully saturated rings. The second-order valence-electron chi connectivity index (χ2n) is 3.19. The number of nitrogens with one attached hydrogen (secondary N) is 1. The van der Waals surface area contributed by atoms with Crippen LogP contribution in [0.3, 0.4) is 0 Å². The van der Waals surface area contributed by atoms with Crippen molar-refractivity contribution >= 4 is 27.3 Å². The largest absolute Gasteiger partial charge is 0.316 e. The highest BCUT2D eigenvalue weighted by molar-refractivity contribution is 9.11. The normalized spacial score (nSPS) is 24.2. The van der Waals surface area contributed by atoms with E-state index in [9.17, 15) is 0 Å². The maximum Gasteiger partial charge on any atom is 0.0701 e. The number of halogens is 1. The van der Waals surface area contributed by atoms with Crippen LogP contribution >= 0.6 is 27.3 Å². The monoisotopic (exact) mass is 245 g/mol. The molecule has 0 amide bonds. The number of hydrogen-bond acceptors (Lipinski definition) is 2. The third kappa shape index (κ3) is 1.90. The zero-order valence-corrected chi connectivity index (χ0v) is 9.25. The average Bonchev–Trinajstić information content (AvgIpc) is 2.54. The molecule has 1 N–H and O–H groups in total. The van der Waals surface area contributed by atoms with Gasteiger partial charge in [-0.1, -0.05) is 0 Å². The molecule has 0 aliphatic carbocycles. The maximum absolute atomic E-state index is 3.50. The van der Waals surface area contributed by atoms with Gasteiger partial charge in [0.1, 0.15) is 0 Å². The van der Waals surface area contributed by atoms with Gasteiger partial charge >= 0.3 is 0 Å². The van der Waals surface area contributed by atoms with Crippen LogP contribution in [0, 0.1) is 0 Å². The van der Waals surface area contributed by atoms with E-state index in [2.05, 4.69) is 33.4 Å². The summed E-state index contributed by atoms with van der Waals surface area (Å²) in [7, 11) is 0. The van der Waals surface area contributed by atoms with Crippen molar-refractivity contribution < 1.29 is 0 Å². The maximum atomic E-state index is 3.50. The van der Waals surface area contributed by atoms with Crippen molar-refractivity contribution in [2.24, 2.45) is 0 Å². The molecule has 1 aromatic heterocycles. The minimum absolute atomic E-state index is 0.759. The van der Waals surface area contributed by atoms with Crippen molar-refractivity contribution in [3.63, 3.8) is 0 Å². The average molecular weight is 246 g/mol. The summed E-state index contributed by atoms with van der Waals surface area (Å²) in [6.07, 6.45) is 2.67. The summed E-state index contributed by atoms with van der Waals surface area (Å²) < 4.78 is 1.25. The van der Waals surface area contributed by atoms with E-state index < -0.39 is 0 Å². The summed E-state index contributed by atoms with van der Waals surface area (Å²) in [5, 5.41) is 3.43. The van der Waals surface area contributed by atoms with Crippen LogP contribution in [0.25, 0.3) is 0 Å². The molecule has 3 heteroatoms. The van der Waals surface area contributed by atoms with Gasteiger partial charge in [0.2, 0.25) is 0 Å². The van der Waals surface area contributed by atoms with Gasteiger partial charge in [-0.3, -0.25) is 0 Å². The van der Waals surface area contributed by atoms with Crippen LogP contribution in [0.2, 0.25) is 0 Å². The number of hydrogen-bond donors (Lipinski definition) is 1. The lowest BCUT2D eigenvalue weighted by Crippen LogP contribution is -2.27. The molecule has 0 saturated carbocycles. The van der Waals surface area contributed by atoms with Gasteiger partial charge in [-0.2, -0.15) is 0 Å². The quantitative estimate of drug-likeness (QED) is 0.803. The molecule has 1 aliphatic heterocycles. The highest BCUT2D eigenvalue weighted by atomic mass is 79.9. The third-order valence-corrected chi connectivity index (χ3v) is 4.08. The van der Waals surface area contributed by atoms with Gasteiger partial charge in [0.15, 0.2) is 0 Å². The molecule has 0 bridgehead atoms. The Hall–Kier alpha value is 0.140. The Morgan fingerprint density at radius 1 is 1.50 bits per heavy atom. The Kier molecular flexibility index (Phi) is 2.84. The Bertz CT molecular complexity index is 253. The standard InChI is InChI=1S/C9H12BrNS/c10-9-4-3-8(12-9)7-2-1-5-11-6-7/h3-4,7,11H,1-2,5-6H2. The van der Waals surface area contributed by atoms with E-state index in [0.29, 0.717) is 0 Å². The van der Waals surface area contributed by atoms with E-state index in [4.69, 9.17) is 0 Å². The molecule has 1 atom stereocenters. The van der Waals surface area contributed by atoms with Crippen LogP contribution in [0.4, 0.5) is 0 Å². The first kappa shape index (κ1) is 8.73. The lowest BCUT2D eigenvalue weighted by molar-refractivity contribution is 0.466. The second-order valence-corrected chi connectivity index (χ2v) is 5.68. The van der Waals surface area contributed by atoms with Crippen LogP contribution in [0.5, 0.6) is 0 Å². The molecule has 2 rings (SSSR count). The summed E-state index contributed by atoms with van der Waals surface area (Å²) in [5.74, 6) is 0.759. The fourth-order valence-electron chi connectivity index (χ4n) is 1.64. The first-order valence-electron chi connectivity index (χ1n) is 4.32. The fourth-order valence-corrected chi connectivity index (χ4v) is 3.20. The molecule has 66 valence electrons. The van der Waals surface area contributed by atoms with Crippen LogP contribution in [-0.2, 0) is 0 Å². The summed E-state index contributed by atoms with van der Waals surface area (Å²) >= 11 is 5.37. The van der Waals surface area contributed by atoms with E-state index in [-0.39, 0.29) is 0 Å². The van der Waals surface area contributed by atoms with Gasteiger partial charge in [0, 0.05) is 17.3 Å². The van der Waals surface area contributed by atoms with Gasteiger partial charge in [0.05, 0.1) is 3.79 Å². The van der Waals surface area contributed by atoms with Crippen molar-refractivity contribution in [3.05, 3.63) is 20.8 Å². The van der Waals surface area contributed by atoms with Gasteiger partial charge in [-0.15, -0.1) is 11.3 Å². The first-order chi connectivity index (χ1) is 5.86. The van der Waals surface area contributed by atoms with Crippen molar-refractivity contribution in [2.75, 3.05) is 13.1 Å². The highest BCUT2D eigenvalue weighted by Gasteiger charge is 2.16. The third-order valence-electron chi connectivity index (χ3n) is 2.29. The fraction of sp³-hybridized carbons (Fsp3) is 0.556. The van der Waals surface area contributed by atoms with Gasteiger partial charge in [-0.25, -0.2) is 0 Å². The Balaban J connectivity index is 2.08. The summed E-state index contributed by atoms with van der Waals surface area (Å²) in [5.41, 5.74) is 0. The van der Waals surface area contributed by atoms with Crippen LogP contribution in [0.1, 0.15) is 23.6 Å². The van der Waals surface area contributed by atoms with Crippen molar-refractivity contribution in [1.29, 1.82) is 0 Å². The smallest absolute Gasteiger partial charge is 0.0701 e. The Morgan fingerprint density at radius 3 is 3.00 bits per heavy atom. The first-order valence-corrected chi connectivity index (χ1v) is 5.93. The van der Waals surface area contributed by atoms with Crippen molar-refractivity contribution in [2.45, 2.75) is 18.8 Å². The molecule has 1 aromatic rings. The van der Waals surface area contributed by atoms with Gasteiger partial charge < -0.3 is 5.32 Å². The minimum Gasteiger partial charge on any atom is -0.316 e. The van der Waals surface area contributed by atoms with Gasteiger partial charge in [-0.05, 0) is 47.4 Å². The second kappa shape index (κ2) is 3.90. The molecule has 1 aliphatic rings. The molecule has 12 heavy (non-hydrogen) atoms. The summed E-state index contributed by atoms with van der Waals surface area (Å²) in [4.78, 5) is 1.52. The molecule has 0 spiro atoms. The van der Waals surface area contributed by atoms with Crippen LogP contribution in [0.15, 0.2) is 15.9 Å². The van der Waals surface area contributed by atoms with E-state index in [1.807, 2.05) is 11.3 Å². The predicted octanol–water partition coefficient (Wildman–Crippen LogP) is 2.98. The SMILES string of the molecule is Brc1ccc(C2CCCNC2)s1. The van der Waals surface area contributed by atoms with Crippen molar-refractivity contribution in [1.82, 2.24) is 5.32 Å². The van der Waals surface area contributed by atoms with E-state index >= 15 is 0 Å². The molecule has 1 unspecified atom stereocenters. The topological polar surface area (TPSA) is 12.0 Å². The van der Waals surface area contributed by atoms with E-state index in [1.54, 1.807) is 0 Å². The van der Waals surface area contributed by atoms with Crippen molar-refractivity contribution in [3.8, 4) is 0 Å². The van der Waals surface area contributed by atoms with Crippen LogP contribution < -0.4 is 5.32 Å². The zero-order valence-electron chi connectivity index (χ0n) is 6.85. The van der Waals surface area contributed by atoms with Gasteiger partial charge in [0.25, 0.3) is 0 Å². The van der Waals surface area contributed by atoms with Crippen LogP contribution in [-0.4, -0.2) is 13.1 Å². The molecule has 1 saturated heterocycles. The number of piperidine rings is 1. The number of rotatable bonds is 1. The lowest BCUT2D eigenvalue weighted by atomic mass is 9.98.